The average molecular weight is 269 g/mol. The third-order valence-electron chi connectivity index (χ3n) is 1.86. The van der Waals surface area contributed by atoms with Crippen LogP contribution in [0, 0.1) is 17.5 Å². The van der Waals surface area contributed by atoms with E-state index < -0.39 is 45.0 Å². The molecule has 0 saturated heterocycles. The Bertz CT molecular complexity index is 495. The summed E-state index contributed by atoms with van der Waals surface area (Å²) in [6.07, 6.45) is 0. The first-order valence-electron chi connectivity index (χ1n) is 4.55. The molecule has 4 nitrogen and oxygen atoms in total. The van der Waals surface area contributed by atoms with Crippen LogP contribution in [0.2, 0.25) is 0 Å². The van der Waals surface area contributed by atoms with Gasteiger partial charge in [-0.1, -0.05) is 0 Å². The fraction of sp³-hybridized carbons (Fsp3) is 0.333. The summed E-state index contributed by atoms with van der Waals surface area (Å²) in [5.41, 5.74) is 0. The summed E-state index contributed by atoms with van der Waals surface area (Å²) in [6.45, 7) is 0.764. The molecule has 96 valence electrons. The fourth-order valence-corrected chi connectivity index (χ4v) is 2.50. The molecule has 0 amide bonds. The highest BCUT2D eigenvalue weighted by atomic mass is 32.2. The molecule has 1 atom stereocenters. The minimum atomic E-state index is -4.48. The Morgan fingerprint density at radius 2 is 1.76 bits per heavy atom. The SMILES string of the molecule is C[C@H](CO)NS(=O)(=O)c1c(F)cc(F)cc1F. The van der Waals surface area contributed by atoms with Crippen LogP contribution in [0.3, 0.4) is 0 Å². The van der Waals surface area contributed by atoms with Gasteiger partial charge in [0.1, 0.15) is 17.5 Å². The summed E-state index contributed by atoms with van der Waals surface area (Å²) < 4.78 is 63.9. The van der Waals surface area contributed by atoms with E-state index in [1.165, 1.54) is 6.92 Å². The number of hydrogen-bond donors (Lipinski definition) is 2. The van der Waals surface area contributed by atoms with Crippen LogP contribution in [0.15, 0.2) is 17.0 Å². The Morgan fingerprint density at radius 1 is 1.29 bits per heavy atom. The first kappa shape index (κ1) is 13.9. The van der Waals surface area contributed by atoms with Crippen LogP contribution in [-0.2, 0) is 10.0 Å². The highest BCUT2D eigenvalue weighted by Crippen LogP contribution is 2.20. The second kappa shape index (κ2) is 5.03. The number of rotatable bonds is 4. The van der Waals surface area contributed by atoms with Gasteiger partial charge in [-0.3, -0.25) is 0 Å². The smallest absolute Gasteiger partial charge is 0.246 e. The lowest BCUT2D eigenvalue weighted by Crippen LogP contribution is -2.36. The predicted molar refractivity (Wildman–Crippen MR) is 53.2 cm³/mol. The maximum absolute atomic E-state index is 13.2. The molecule has 2 N–H and O–H groups in total. The number of sulfonamides is 1. The molecule has 0 radical (unpaired) electrons. The van der Waals surface area contributed by atoms with Crippen LogP contribution in [0.25, 0.3) is 0 Å². The first-order valence-corrected chi connectivity index (χ1v) is 6.04. The van der Waals surface area contributed by atoms with Gasteiger partial charge in [0.05, 0.1) is 6.61 Å². The number of halogens is 3. The van der Waals surface area contributed by atoms with E-state index >= 15 is 0 Å². The molecule has 1 rings (SSSR count). The molecule has 1 aromatic carbocycles. The Morgan fingerprint density at radius 3 is 2.18 bits per heavy atom. The molecular formula is C9H10F3NO3S. The van der Waals surface area contributed by atoms with Crippen LogP contribution in [0.5, 0.6) is 0 Å². The molecule has 0 bridgehead atoms. The van der Waals surface area contributed by atoms with Crippen LogP contribution < -0.4 is 4.72 Å². The van der Waals surface area contributed by atoms with Gasteiger partial charge in [-0.25, -0.2) is 26.3 Å². The summed E-state index contributed by atoms with van der Waals surface area (Å²) in [6, 6.07) is -0.383. The number of benzene rings is 1. The minimum Gasteiger partial charge on any atom is -0.395 e. The van der Waals surface area contributed by atoms with E-state index in [0.717, 1.165) is 0 Å². The molecule has 0 spiro atoms. The summed E-state index contributed by atoms with van der Waals surface area (Å²) in [4.78, 5) is -1.26. The molecule has 8 heteroatoms. The summed E-state index contributed by atoms with van der Waals surface area (Å²) >= 11 is 0. The monoisotopic (exact) mass is 269 g/mol. The van der Waals surface area contributed by atoms with E-state index in [9.17, 15) is 21.6 Å². The van der Waals surface area contributed by atoms with Crippen molar-refractivity contribution in [3.05, 3.63) is 29.6 Å². The van der Waals surface area contributed by atoms with Crippen LogP contribution >= 0.6 is 0 Å². The van der Waals surface area contributed by atoms with Crippen LogP contribution in [-0.4, -0.2) is 26.2 Å². The fourth-order valence-electron chi connectivity index (χ4n) is 1.15. The third kappa shape index (κ3) is 3.18. The molecule has 0 aliphatic rings. The zero-order valence-electron chi connectivity index (χ0n) is 8.75. The van der Waals surface area contributed by atoms with Gasteiger partial charge in [-0.15, -0.1) is 0 Å². The van der Waals surface area contributed by atoms with Crippen LogP contribution in [0.1, 0.15) is 6.92 Å². The van der Waals surface area contributed by atoms with Gasteiger partial charge in [0.15, 0.2) is 4.90 Å². The molecule has 0 heterocycles. The lowest BCUT2D eigenvalue weighted by atomic mass is 10.3. The molecule has 0 fully saturated rings. The van der Waals surface area contributed by atoms with Crippen molar-refractivity contribution in [3.63, 3.8) is 0 Å². The molecule has 0 aromatic heterocycles. The summed E-state index contributed by atoms with van der Waals surface area (Å²) in [7, 11) is -4.48. The Balaban J connectivity index is 3.25. The summed E-state index contributed by atoms with van der Waals surface area (Å²) in [5.74, 6) is -4.27. The van der Waals surface area contributed by atoms with Crippen molar-refractivity contribution >= 4 is 10.0 Å². The Labute approximate surface area is 96.1 Å². The molecular weight excluding hydrogens is 259 g/mol. The number of aliphatic hydroxyl groups is 1. The van der Waals surface area contributed by atoms with Crippen LogP contribution in [0.4, 0.5) is 13.2 Å². The highest BCUT2D eigenvalue weighted by molar-refractivity contribution is 7.89. The van der Waals surface area contributed by atoms with E-state index in [4.69, 9.17) is 5.11 Å². The largest absolute Gasteiger partial charge is 0.395 e. The maximum atomic E-state index is 13.2. The van der Waals surface area contributed by atoms with Gasteiger partial charge >= 0.3 is 0 Å². The lowest BCUT2D eigenvalue weighted by Gasteiger charge is -2.12. The zero-order valence-corrected chi connectivity index (χ0v) is 9.56. The van der Waals surface area contributed by atoms with Gasteiger partial charge in [0.2, 0.25) is 10.0 Å². The van der Waals surface area contributed by atoms with Crippen molar-refractivity contribution in [2.45, 2.75) is 17.9 Å². The highest BCUT2D eigenvalue weighted by Gasteiger charge is 2.26. The predicted octanol–water partition coefficient (Wildman–Crippen LogP) is 0.763. The van der Waals surface area contributed by atoms with Gasteiger partial charge in [0, 0.05) is 18.2 Å². The van der Waals surface area contributed by atoms with E-state index in [-0.39, 0.29) is 12.1 Å². The topological polar surface area (TPSA) is 66.4 Å². The maximum Gasteiger partial charge on any atom is 0.246 e. The second-order valence-corrected chi connectivity index (χ2v) is 5.05. The van der Waals surface area contributed by atoms with E-state index in [0.29, 0.717) is 0 Å². The lowest BCUT2D eigenvalue weighted by molar-refractivity contribution is 0.265. The molecule has 1 aromatic rings. The third-order valence-corrected chi connectivity index (χ3v) is 3.50. The van der Waals surface area contributed by atoms with Crippen molar-refractivity contribution < 1.29 is 26.7 Å². The van der Waals surface area contributed by atoms with Crippen molar-refractivity contribution in [1.29, 1.82) is 0 Å². The van der Waals surface area contributed by atoms with Gasteiger partial charge < -0.3 is 5.11 Å². The first-order chi connectivity index (χ1) is 7.77. The average Bonchev–Trinajstić information content (AvgIpc) is 2.14. The quantitative estimate of drug-likeness (QED) is 0.848. The van der Waals surface area contributed by atoms with E-state index in [1.54, 1.807) is 0 Å². The molecule has 17 heavy (non-hydrogen) atoms. The standard InChI is InChI=1S/C9H10F3NO3S/c1-5(4-14)13-17(15,16)9-7(11)2-6(10)3-8(9)12/h2-3,5,13-14H,4H2,1H3/t5-/m1/s1. The van der Waals surface area contributed by atoms with Gasteiger partial charge in [-0.05, 0) is 6.92 Å². The number of aliphatic hydroxyl groups excluding tert-OH is 1. The van der Waals surface area contributed by atoms with Crippen molar-refractivity contribution in [3.8, 4) is 0 Å². The van der Waals surface area contributed by atoms with E-state index in [1.807, 2.05) is 4.72 Å². The summed E-state index contributed by atoms with van der Waals surface area (Å²) in [5, 5.41) is 8.65. The number of hydrogen-bond acceptors (Lipinski definition) is 3. The Kier molecular flexibility index (Phi) is 4.12. The van der Waals surface area contributed by atoms with E-state index in [2.05, 4.69) is 0 Å². The van der Waals surface area contributed by atoms with Gasteiger partial charge in [-0.2, -0.15) is 0 Å². The molecule has 0 aliphatic heterocycles. The number of nitrogens with one attached hydrogen (secondary N) is 1. The minimum absolute atomic E-state index is 0.265. The normalized spacial score (nSPS) is 13.7. The van der Waals surface area contributed by atoms with Crippen molar-refractivity contribution in [1.82, 2.24) is 4.72 Å². The zero-order chi connectivity index (χ0) is 13.2. The van der Waals surface area contributed by atoms with Crippen molar-refractivity contribution in [2.75, 3.05) is 6.61 Å². The molecule has 0 saturated carbocycles. The van der Waals surface area contributed by atoms with Crippen molar-refractivity contribution in [2.24, 2.45) is 0 Å². The Hall–Kier alpha value is -1.12. The second-order valence-electron chi connectivity index (χ2n) is 3.40. The molecule has 0 unspecified atom stereocenters. The molecule has 0 aliphatic carbocycles. The van der Waals surface area contributed by atoms with Gasteiger partial charge in [0.25, 0.3) is 0 Å².